The largest absolute Gasteiger partial charge is 0.461 e. The number of carbonyl (C=O) groups is 3. The number of aliphatic hydroxyl groups excluding tert-OH is 2. The van der Waals surface area contributed by atoms with Crippen molar-refractivity contribution in [1.82, 2.24) is 10.9 Å². The Kier molecular flexibility index (Phi) is 6.63. The maximum atomic E-state index is 12.6. The third-order valence-corrected chi connectivity index (χ3v) is 4.08. The monoisotopic (exact) mass is 410 g/mol. The lowest BCUT2D eigenvalue weighted by molar-refractivity contribution is -0.107. The van der Waals surface area contributed by atoms with Crippen molar-refractivity contribution in [2.45, 2.75) is 12.2 Å². The van der Waals surface area contributed by atoms with Crippen LogP contribution in [-0.4, -0.2) is 58.2 Å². The third kappa shape index (κ3) is 4.74. The Hall–Kier alpha value is -3.89. The maximum Gasteiger partial charge on any atom is 0.282 e. The molecule has 0 radical (unpaired) electrons. The second-order valence-electron chi connectivity index (χ2n) is 6.15. The number of Topliss-reactive ketones (excluding diaryl/α,β-unsaturated/α-hetero) is 1. The lowest BCUT2D eigenvalue weighted by Gasteiger charge is -2.14. The van der Waals surface area contributed by atoms with Gasteiger partial charge < -0.3 is 14.9 Å². The molecule has 2 aromatic rings. The van der Waals surface area contributed by atoms with E-state index in [1.54, 1.807) is 60.7 Å². The summed E-state index contributed by atoms with van der Waals surface area (Å²) in [5.74, 6) is -2.56. The number of aliphatic hydroxyl groups is 2. The molecule has 0 spiro atoms. The van der Waals surface area contributed by atoms with Gasteiger partial charge in [0.05, 0.1) is 6.61 Å². The molecule has 1 aliphatic heterocycles. The number of ether oxygens (including phenoxy) is 1. The van der Waals surface area contributed by atoms with Crippen molar-refractivity contribution < 1.29 is 29.3 Å². The molecule has 10 nitrogen and oxygen atoms in total. The predicted molar refractivity (Wildman–Crippen MR) is 106 cm³/mol. The molecule has 1 aliphatic rings. The van der Waals surface area contributed by atoms with Crippen molar-refractivity contribution in [3.8, 4) is 0 Å². The van der Waals surface area contributed by atoms with Crippen LogP contribution >= 0.6 is 0 Å². The Morgan fingerprint density at radius 2 is 1.43 bits per heavy atom. The van der Waals surface area contributed by atoms with Gasteiger partial charge in [0, 0.05) is 11.1 Å². The highest BCUT2D eigenvalue weighted by atomic mass is 16.5. The molecular weight excluding hydrogens is 392 g/mol. The summed E-state index contributed by atoms with van der Waals surface area (Å²) in [5, 5.41) is 26.5. The van der Waals surface area contributed by atoms with Gasteiger partial charge in [-0.1, -0.05) is 36.4 Å². The zero-order valence-corrected chi connectivity index (χ0v) is 15.6. The zero-order valence-electron chi connectivity index (χ0n) is 15.6. The summed E-state index contributed by atoms with van der Waals surface area (Å²) in [5.41, 5.74) is 4.63. The van der Waals surface area contributed by atoms with E-state index < -0.39 is 42.3 Å². The molecule has 2 unspecified atom stereocenters. The molecule has 2 aromatic carbocycles. The van der Waals surface area contributed by atoms with Gasteiger partial charge in [-0.3, -0.25) is 14.4 Å². The van der Waals surface area contributed by atoms with E-state index in [0.29, 0.717) is 11.1 Å². The minimum absolute atomic E-state index is 0.302. The number of nitrogens with one attached hydrogen (secondary N) is 2. The number of amides is 2. The fraction of sp³-hybridized carbons (Fsp3) is 0.150. The van der Waals surface area contributed by atoms with Gasteiger partial charge >= 0.3 is 0 Å². The second kappa shape index (κ2) is 9.54. The number of hydrogen-bond acceptors (Lipinski definition) is 8. The number of hydrazone groups is 2. The number of nitrogens with zero attached hydrogens (tertiary/aromatic N) is 2. The van der Waals surface area contributed by atoms with Crippen molar-refractivity contribution in [3.63, 3.8) is 0 Å². The standard InChI is InChI=1S/C20H18N4O6/c25-11-14(26)17-15(21-22-18(28)12-7-3-1-4-8-12)16(27)20(30-17)24-23-19(29)13-9-5-2-6-10-13/h1-10,14,17,25-26H,11H2,(H,22,28)(H,23,29)/b21-15+,24-20+. The van der Waals surface area contributed by atoms with Crippen LogP contribution in [0, 0.1) is 0 Å². The first kappa shape index (κ1) is 20.8. The van der Waals surface area contributed by atoms with E-state index in [0.717, 1.165) is 0 Å². The van der Waals surface area contributed by atoms with Crippen LogP contribution in [0.25, 0.3) is 0 Å². The highest BCUT2D eigenvalue weighted by molar-refractivity contribution is 6.68. The van der Waals surface area contributed by atoms with Crippen LogP contribution in [0.4, 0.5) is 0 Å². The quantitative estimate of drug-likeness (QED) is 0.486. The van der Waals surface area contributed by atoms with Crippen LogP contribution in [0.15, 0.2) is 70.9 Å². The van der Waals surface area contributed by atoms with Crippen molar-refractivity contribution in [2.24, 2.45) is 10.2 Å². The minimum atomic E-state index is -1.50. The molecule has 1 fully saturated rings. The molecule has 1 saturated heterocycles. The van der Waals surface area contributed by atoms with Crippen LogP contribution in [-0.2, 0) is 9.53 Å². The Morgan fingerprint density at radius 3 is 1.93 bits per heavy atom. The van der Waals surface area contributed by atoms with Crippen LogP contribution in [0.1, 0.15) is 20.7 Å². The van der Waals surface area contributed by atoms with Gasteiger partial charge in [-0.05, 0) is 24.3 Å². The summed E-state index contributed by atoms with van der Waals surface area (Å²) in [6, 6.07) is 16.3. The molecule has 154 valence electrons. The van der Waals surface area contributed by atoms with E-state index in [9.17, 15) is 24.6 Å². The van der Waals surface area contributed by atoms with E-state index in [-0.39, 0.29) is 5.71 Å². The predicted octanol–water partition coefficient (Wildman–Crippen LogP) is -0.163. The normalized spacial score (nSPS) is 19.4. The van der Waals surface area contributed by atoms with Gasteiger partial charge in [-0.2, -0.15) is 5.10 Å². The van der Waals surface area contributed by atoms with Crippen LogP contribution in [0.2, 0.25) is 0 Å². The van der Waals surface area contributed by atoms with E-state index in [4.69, 9.17) is 4.74 Å². The summed E-state index contributed by atoms with van der Waals surface area (Å²) in [6.45, 7) is -0.729. The SMILES string of the molecule is O=C1/C(=N\NC(=O)c2ccccc2)C(C(O)CO)O/C1=N/NC(=O)c1ccccc1. The molecule has 2 amide bonds. The molecular formula is C20H18N4O6. The summed E-state index contributed by atoms with van der Waals surface area (Å²) >= 11 is 0. The second-order valence-corrected chi connectivity index (χ2v) is 6.15. The number of hydrogen-bond donors (Lipinski definition) is 4. The molecule has 2 atom stereocenters. The Morgan fingerprint density at radius 1 is 0.933 bits per heavy atom. The average Bonchev–Trinajstić information content (AvgIpc) is 3.11. The van der Waals surface area contributed by atoms with Gasteiger partial charge in [0.25, 0.3) is 23.5 Å². The molecule has 4 N–H and O–H groups in total. The first-order valence-corrected chi connectivity index (χ1v) is 8.87. The first-order valence-electron chi connectivity index (χ1n) is 8.87. The topological polar surface area (TPSA) is 150 Å². The molecule has 1 heterocycles. The van der Waals surface area contributed by atoms with Gasteiger partial charge in [-0.15, -0.1) is 5.10 Å². The van der Waals surface area contributed by atoms with Gasteiger partial charge in [0.1, 0.15) is 6.10 Å². The summed E-state index contributed by atoms with van der Waals surface area (Å²) in [6.07, 6.45) is -2.87. The number of ketones is 1. The van der Waals surface area contributed by atoms with Crippen molar-refractivity contribution >= 4 is 29.2 Å². The Labute approximate surface area is 170 Å². The Balaban J connectivity index is 1.77. The van der Waals surface area contributed by atoms with E-state index in [2.05, 4.69) is 21.1 Å². The summed E-state index contributed by atoms with van der Waals surface area (Å²) < 4.78 is 5.26. The lowest BCUT2D eigenvalue weighted by atomic mass is 10.1. The maximum absolute atomic E-state index is 12.6. The van der Waals surface area contributed by atoms with Crippen LogP contribution < -0.4 is 10.9 Å². The van der Waals surface area contributed by atoms with Gasteiger partial charge in [-0.25, -0.2) is 10.9 Å². The summed E-state index contributed by atoms with van der Waals surface area (Å²) in [4.78, 5) is 36.8. The number of benzene rings is 2. The molecule has 0 saturated carbocycles. The number of carbonyl (C=O) groups excluding carboxylic acids is 3. The molecule has 10 heteroatoms. The molecule has 3 rings (SSSR count). The minimum Gasteiger partial charge on any atom is -0.461 e. The summed E-state index contributed by atoms with van der Waals surface area (Å²) in [7, 11) is 0. The molecule has 30 heavy (non-hydrogen) atoms. The highest BCUT2D eigenvalue weighted by Crippen LogP contribution is 2.14. The van der Waals surface area contributed by atoms with Crippen molar-refractivity contribution in [3.05, 3.63) is 71.8 Å². The molecule has 0 aliphatic carbocycles. The van der Waals surface area contributed by atoms with E-state index in [1.165, 1.54) is 0 Å². The molecule has 0 bridgehead atoms. The van der Waals surface area contributed by atoms with Crippen molar-refractivity contribution in [1.29, 1.82) is 0 Å². The van der Waals surface area contributed by atoms with Gasteiger partial charge in [0.15, 0.2) is 11.8 Å². The lowest BCUT2D eigenvalue weighted by Crippen LogP contribution is -2.37. The third-order valence-electron chi connectivity index (χ3n) is 4.08. The van der Waals surface area contributed by atoms with E-state index >= 15 is 0 Å². The smallest absolute Gasteiger partial charge is 0.282 e. The fourth-order valence-corrected chi connectivity index (χ4v) is 2.54. The van der Waals surface area contributed by atoms with Crippen molar-refractivity contribution in [2.75, 3.05) is 6.61 Å². The molecule has 0 aromatic heterocycles. The van der Waals surface area contributed by atoms with Crippen LogP contribution in [0.3, 0.4) is 0 Å². The highest BCUT2D eigenvalue weighted by Gasteiger charge is 2.43. The van der Waals surface area contributed by atoms with Crippen LogP contribution in [0.5, 0.6) is 0 Å². The fourth-order valence-electron chi connectivity index (χ4n) is 2.54. The van der Waals surface area contributed by atoms with Gasteiger partial charge in [0.2, 0.25) is 0 Å². The number of rotatable bonds is 6. The average molecular weight is 410 g/mol. The zero-order chi connectivity index (χ0) is 21.5. The Bertz CT molecular complexity index is 991. The first-order chi connectivity index (χ1) is 14.5. The van der Waals surface area contributed by atoms with E-state index in [1.807, 2.05) is 0 Å².